The van der Waals surface area contributed by atoms with E-state index in [-0.39, 0.29) is 16.8 Å². The van der Waals surface area contributed by atoms with E-state index < -0.39 is 30.0 Å². The van der Waals surface area contributed by atoms with Crippen molar-refractivity contribution in [1.82, 2.24) is 4.98 Å². The van der Waals surface area contributed by atoms with Gasteiger partial charge in [0.15, 0.2) is 0 Å². The molecule has 8 heteroatoms. The predicted molar refractivity (Wildman–Crippen MR) is 106 cm³/mol. The predicted octanol–water partition coefficient (Wildman–Crippen LogP) is 3.09. The number of hydrogen-bond donors (Lipinski definition) is 1. The van der Waals surface area contributed by atoms with Crippen molar-refractivity contribution in [3.05, 3.63) is 47.4 Å². The summed E-state index contributed by atoms with van der Waals surface area (Å²) in [7, 11) is 0.475. The Bertz CT molecular complexity index is 901. The molecule has 0 spiro atoms. The van der Waals surface area contributed by atoms with Gasteiger partial charge in [0, 0.05) is 11.8 Å². The van der Waals surface area contributed by atoms with Gasteiger partial charge in [0.25, 0.3) is 5.91 Å². The summed E-state index contributed by atoms with van der Waals surface area (Å²) in [5.41, 5.74) is -0.0567. The summed E-state index contributed by atoms with van der Waals surface area (Å²) in [6.45, 7) is 9.42. The number of carbonyl (C=O) groups is 1. The van der Waals surface area contributed by atoms with Crippen LogP contribution in [0.1, 0.15) is 43.6 Å². The molecular weight excluding hydrogens is 362 g/mol. The van der Waals surface area contributed by atoms with Crippen LogP contribution in [0.5, 0.6) is 5.75 Å². The lowest BCUT2D eigenvalue weighted by molar-refractivity contribution is 0.00578. The Labute approximate surface area is 164 Å². The molecule has 1 aromatic carbocycles. The molecule has 1 amide bonds. The minimum atomic E-state index is -0.935. The number of carbonyl (C=O) groups excluding carboxylic acids is 1. The fraction of sp³-hybridized carbons (Fsp3) is 0.400. The van der Waals surface area contributed by atoms with Gasteiger partial charge in [-0.25, -0.2) is 9.37 Å². The Kier molecular flexibility index (Phi) is 5.21. The van der Waals surface area contributed by atoms with Crippen LogP contribution in [0.3, 0.4) is 0 Å². The monoisotopic (exact) mass is 386 g/mol. The number of rotatable bonds is 4. The number of aromatic nitrogens is 1. The zero-order valence-corrected chi connectivity index (χ0v) is 16.9. The van der Waals surface area contributed by atoms with E-state index >= 15 is 0 Å². The van der Waals surface area contributed by atoms with Crippen molar-refractivity contribution in [2.45, 2.75) is 45.8 Å². The summed E-state index contributed by atoms with van der Waals surface area (Å²) in [4.78, 5) is 16.6. The van der Waals surface area contributed by atoms with Crippen LogP contribution in [-0.2, 0) is 9.31 Å². The average molecular weight is 386 g/mol. The van der Waals surface area contributed by atoms with Gasteiger partial charge >= 0.3 is 7.12 Å². The van der Waals surface area contributed by atoms with Crippen LogP contribution < -0.4 is 15.5 Å². The van der Waals surface area contributed by atoms with Gasteiger partial charge < -0.3 is 19.4 Å². The number of ether oxygens (including phenoxy) is 1. The second kappa shape index (κ2) is 7.18. The van der Waals surface area contributed by atoms with Crippen molar-refractivity contribution in [2.75, 3.05) is 12.4 Å². The fourth-order valence-corrected chi connectivity index (χ4v) is 2.88. The molecule has 1 fully saturated rings. The van der Waals surface area contributed by atoms with E-state index in [2.05, 4.69) is 10.3 Å². The number of methoxy groups -OCH3 is 1. The largest absolute Gasteiger partial charge is 0.501 e. The van der Waals surface area contributed by atoms with Crippen LogP contribution in [0.25, 0.3) is 0 Å². The topological polar surface area (TPSA) is 69.7 Å². The number of nitrogens with one attached hydrogen (secondary N) is 1. The Balaban J connectivity index is 1.91. The van der Waals surface area contributed by atoms with E-state index in [1.165, 1.54) is 13.2 Å². The molecule has 2 aromatic rings. The van der Waals surface area contributed by atoms with Crippen LogP contribution in [-0.4, -0.2) is 36.3 Å². The Morgan fingerprint density at radius 1 is 1.18 bits per heavy atom. The summed E-state index contributed by atoms with van der Waals surface area (Å²) < 4.78 is 32.2. The SMILES string of the molecule is COc1cc(C(=O)Nc2cc(C)ccn2)cc(F)c1B1OC(C)(C)C(C)(C)O1. The van der Waals surface area contributed by atoms with E-state index in [9.17, 15) is 9.18 Å². The molecule has 1 aliphatic heterocycles. The number of benzene rings is 1. The highest BCUT2D eigenvalue weighted by atomic mass is 19.1. The molecule has 1 aliphatic rings. The number of halogens is 1. The van der Waals surface area contributed by atoms with E-state index in [1.54, 1.807) is 12.3 Å². The third-order valence-electron chi connectivity index (χ3n) is 5.22. The quantitative estimate of drug-likeness (QED) is 0.818. The first-order valence-corrected chi connectivity index (χ1v) is 9.01. The van der Waals surface area contributed by atoms with Crippen LogP contribution in [0.15, 0.2) is 30.5 Å². The molecule has 1 saturated heterocycles. The molecule has 28 heavy (non-hydrogen) atoms. The lowest BCUT2D eigenvalue weighted by Crippen LogP contribution is -2.41. The summed E-state index contributed by atoms with van der Waals surface area (Å²) in [6, 6.07) is 6.16. The van der Waals surface area contributed by atoms with Crippen LogP contribution in [0, 0.1) is 12.7 Å². The second-order valence-corrected chi connectivity index (χ2v) is 7.83. The maximum atomic E-state index is 15.0. The van der Waals surface area contributed by atoms with Crippen molar-refractivity contribution >= 4 is 24.3 Å². The highest BCUT2D eigenvalue weighted by molar-refractivity contribution is 6.63. The van der Waals surface area contributed by atoms with Gasteiger partial charge in [0.05, 0.1) is 23.8 Å². The standard InChI is InChI=1S/C20H24BFN2O4/c1-12-7-8-23-16(9-12)24-18(25)13-10-14(22)17(15(11-13)26-6)21-27-19(2,3)20(4,5)28-21/h7-11H,1-6H3,(H,23,24,25). The molecule has 1 aromatic heterocycles. The molecular formula is C20H24BFN2O4. The van der Waals surface area contributed by atoms with Crippen molar-refractivity contribution in [3.63, 3.8) is 0 Å². The molecule has 0 saturated carbocycles. The molecule has 1 N–H and O–H groups in total. The average Bonchev–Trinajstić information content (AvgIpc) is 2.81. The van der Waals surface area contributed by atoms with Crippen molar-refractivity contribution in [2.24, 2.45) is 0 Å². The van der Waals surface area contributed by atoms with Crippen molar-refractivity contribution in [3.8, 4) is 5.75 Å². The first-order valence-electron chi connectivity index (χ1n) is 9.01. The minimum Gasteiger partial charge on any atom is -0.497 e. The lowest BCUT2D eigenvalue weighted by Gasteiger charge is -2.32. The third-order valence-corrected chi connectivity index (χ3v) is 5.22. The summed E-state index contributed by atoms with van der Waals surface area (Å²) in [5.74, 6) is -0.559. The van der Waals surface area contributed by atoms with Crippen molar-refractivity contribution < 1.29 is 23.2 Å². The third kappa shape index (κ3) is 3.75. The van der Waals surface area contributed by atoms with E-state index in [0.29, 0.717) is 5.82 Å². The lowest BCUT2D eigenvalue weighted by atomic mass is 9.77. The van der Waals surface area contributed by atoms with Crippen LogP contribution in [0.4, 0.5) is 10.2 Å². The zero-order valence-electron chi connectivity index (χ0n) is 16.9. The van der Waals surface area contributed by atoms with Gasteiger partial charge in [-0.1, -0.05) is 0 Å². The highest BCUT2D eigenvalue weighted by Crippen LogP contribution is 2.37. The molecule has 6 nitrogen and oxygen atoms in total. The van der Waals surface area contributed by atoms with Gasteiger partial charge in [-0.2, -0.15) is 0 Å². The summed E-state index contributed by atoms with van der Waals surface area (Å²) >= 11 is 0. The number of nitrogens with zero attached hydrogens (tertiary/aromatic N) is 1. The molecule has 0 radical (unpaired) electrons. The first kappa shape index (κ1) is 20.3. The number of amides is 1. The highest BCUT2D eigenvalue weighted by Gasteiger charge is 2.53. The van der Waals surface area contributed by atoms with Gasteiger partial charge in [-0.05, 0) is 64.4 Å². The molecule has 3 rings (SSSR count). The Morgan fingerprint density at radius 3 is 2.39 bits per heavy atom. The fourth-order valence-electron chi connectivity index (χ4n) is 2.88. The maximum absolute atomic E-state index is 15.0. The van der Waals surface area contributed by atoms with E-state index in [1.807, 2.05) is 40.7 Å². The molecule has 0 bridgehead atoms. The number of aryl methyl sites for hydroxylation is 1. The number of anilines is 1. The normalized spacial score (nSPS) is 17.5. The second-order valence-electron chi connectivity index (χ2n) is 7.83. The molecule has 0 atom stereocenters. The molecule has 2 heterocycles. The smallest absolute Gasteiger partial charge is 0.497 e. The van der Waals surface area contributed by atoms with E-state index in [0.717, 1.165) is 11.6 Å². The van der Waals surface area contributed by atoms with Gasteiger partial charge in [0.1, 0.15) is 17.4 Å². The van der Waals surface area contributed by atoms with Crippen LogP contribution >= 0.6 is 0 Å². The molecule has 0 unspecified atom stereocenters. The zero-order chi connectivity index (χ0) is 20.7. The summed E-state index contributed by atoms with van der Waals surface area (Å²) in [6.07, 6.45) is 1.59. The molecule has 148 valence electrons. The molecule has 0 aliphatic carbocycles. The Morgan fingerprint density at radius 2 is 1.82 bits per heavy atom. The van der Waals surface area contributed by atoms with E-state index in [4.69, 9.17) is 14.0 Å². The minimum absolute atomic E-state index is 0.109. The number of pyridine rings is 1. The summed E-state index contributed by atoms with van der Waals surface area (Å²) in [5, 5.41) is 2.66. The maximum Gasteiger partial charge on any atom is 0.501 e. The first-order chi connectivity index (χ1) is 13.0. The van der Waals surface area contributed by atoms with Crippen molar-refractivity contribution in [1.29, 1.82) is 0 Å². The number of hydrogen-bond acceptors (Lipinski definition) is 5. The van der Waals surface area contributed by atoms with Gasteiger partial charge in [-0.15, -0.1) is 0 Å². The Hall–Kier alpha value is -2.45. The van der Waals surface area contributed by atoms with Crippen LogP contribution in [0.2, 0.25) is 0 Å². The van der Waals surface area contributed by atoms with Gasteiger partial charge in [-0.3, -0.25) is 4.79 Å². The van der Waals surface area contributed by atoms with Gasteiger partial charge in [0.2, 0.25) is 0 Å².